The predicted molar refractivity (Wildman–Crippen MR) is 74.7 cm³/mol. The Kier molecular flexibility index (Phi) is 4.81. The van der Waals surface area contributed by atoms with E-state index in [2.05, 4.69) is 48.1 Å². The van der Waals surface area contributed by atoms with Crippen LogP contribution < -0.4 is 11.1 Å². The Hall–Kier alpha value is -0.540. The first-order valence-electron chi connectivity index (χ1n) is 5.69. The minimum atomic E-state index is -0.0436. The van der Waals surface area contributed by atoms with Gasteiger partial charge in [0.1, 0.15) is 0 Å². The van der Waals surface area contributed by atoms with Crippen molar-refractivity contribution < 1.29 is 0 Å². The summed E-state index contributed by atoms with van der Waals surface area (Å²) in [5, 5.41) is 3.53. The smallest absolute Gasteiger partial charge is 0.0489 e. The Balaban J connectivity index is 2.81. The van der Waals surface area contributed by atoms with Crippen molar-refractivity contribution in [3.05, 3.63) is 28.7 Å². The minimum absolute atomic E-state index is 0.0436. The molecule has 0 amide bonds. The lowest BCUT2D eigenvalue weighted by molar-refractivity contribution is 0.407. The van der Waals surface area contributed by atoms with Crippen LogP contribution in [0.1, 0.15) is 27.2 Å². The number of hydrogen-bond donors (Lipinski definition) is 2. The molecule has 1 aromatic carbocycles. The van der Waals surface area contributed by atoms with E-state index in [0.717, 1.165) is 16.6 Å². The molecule has 0 bridgehead atoms. The molecule has 1 aromatic rings. The number of para-hydroxylation sites is 1. The molecule has 1 rings (SSSR count). The van der Waals surface area contributed by atoms with Crippen LogP contribution in [-0.2, 0) is 0 Å². The van der Waals surface area contributed by atoms with Gasteiger partial charge in [0.2, 0.25) is 0 Å². The predicted octanol–water partition coefficient (Wildman–Crippen LogP) is 3.62. The molecule has 0 saturated heterocycles. The van der Waals surface area contributed by atoms with Crippen LogP contribution >= 0.6 is 15.9 Å². The lowest BCUT2D eigenvalue weighted by atomic mass is 9.90. The number of hydrogen-bond acceptors (Lipinski definition) is 2. The van der Waals surface area contributed by atoms with Gasteiger partial charge in [0.25, 0.3) is 0 Å². The molecule has 0 heterocycles. The SMILES string of the molecule is CC(C)CC(C)(CN)Nc1ccccc1Br. The number of benzene rings is 1. The third-order valence-corrected chi connectivity index (χ3v) is 3.31. The Morgan fingerprint density at radius 2 is 2.00 bits per heavy atom. The molecule has 3 N–H and O–H groups in total. The molecule has 16 heavy (non-hydrogen) atoms. The maximum absolute atomic E-state index is 5.88. The summed E-state index contributed by atoms with van der Waals surface area (Å²) in [6.07, 6.45) is 1.06. The van der Waals surface area contributed by atoms with Crippen molar-refractivity contribution in [2.75, 3.05) is 11.9 Å². The largest absolute Gasteiger partial charge is 0.378 e. The van der Waals surface area contributed by atoms with Gasteiger partial charge < -0.3 is 11.1 Å². The van der Waals surface area contributed by atoms with E-state index in [9.17, 15) is 0 Å². The van der Waals surface area contributed by atoms with Gasteiger partial charge in [-0.2, -0.15) is 0 Å². The molecule has 1 unspecified atom stereocenters. The highest BCUT2D eigenvalue weighted by Crippen LogP contribution is 2.27. The molecule has 1 atom stereocenters. The second-order valence-electron chi connectivity index (χ2n) is 4.97. The molecule has 0 saturated carbocycles. The van der Waals surface area contributed by atoms with Gasteiger partial charge in [-0.3, -0.25) is 0 Å². The van der Waals surface area contributed by atoms with Gasteiger partial charge in [-0.25, -0.2) is 0 Å². The van der Waals surface area contributed by atoms with Crippen molar-refractivity contribution in [1.82, 2.24) is 0 Å². The van der Waals surface area contributed by atoms with Gasteiger partial charge in [-0.15, -0.1) is 0 Å². The fourth-order valence-corrected chi connectivity index (χ4v) is 2.36. The van der Waals surface area contributed by atoms with E-state index in [0.29, 0.717) is 12.5 Å². The second-order valence-corrected chi connectivity index (χ2v) is 5.82. The number of nitrogens with one attached hydrogen (secondary N) is 1. The van der Waals surface area contributed by atoms with Gasteiger partial charge in [0.15, 0.2) is 0 Å². The highest BCUT2D eigenvalue weighted by atomic mass is 79.9. The molecule has 0 aliphatic heterocycles. The van der Waals surface area contributed by atoms with E-state index >= 15 is 0 Å². The van der Waals surface area contributed by atoms with E-state index in [-0.39, 0.29) is 5.54 Å². The van der Waals surface area contributed by atoms with Crippen molar-refractivity contribution in [3.8, 4) is 0 Å². The highest BCUT2D eigenvalue weighted by Gasteiger charge is 2.23. The first-order valence-corrected chi connectivity index (χ1v) is 6.49. The van der Waals surface area contributed by atoms with Crippen LogP contribution in [0.4, 0.5) is 5.69 Å². The van der Waals surface area contributed by atoms with Gasteiger partial charge >= 0.3 is 0 Å². The zero-order valence-electron chi connectivity index (χ0n) is 10.3. The number of anilines is 1. The minimum Gasteiger partial charge on any atom is -0.378 e. The van der Waals surface area contributed by atoms with Gasteiger partial charge in [-0.05, 0) is 47.3 Å². The number of nitrogens with two attached hydrogens (primary N) is 1. The average Bonchev–Trinajstić information content (AvgIpc) is 2.20. The third-order valence-electron chi connectivity index (χ3n) is 2.62. The van der Waals surface area contributed by atoms with Crippen molar-refractivity contribution in [2.24, 2.45) is 11.7 Å². The summed E-state index contributed by atoms with van der Waals surface area (Å²) < 4.78 is 1.08. The summed E-state index contributed by atoms with van der Waals surface area (Å²) in [6, 6.07) is 8.14. The molecule has 0 spiro atoms. The summed E-state index contributed by atoms with van der Waals surface area (Å²) in [5.74, 6) is 0.628. The van der Waals surface area contributed by atoms with E-state index in [4.69, 9.17) is 5.73 Å². The standard InChI is InChI=1S/C13H21BrN2/c1-10(2)8-13(3,9-15)16-12-7-5-4-6-11(12)14/h4-7,10,16H,8-9,15H2,1-3H3. The summed E-state index contributed by atoms with van der Waals surface area (Å²) in [5.41, 5.74) is 6.94. The van der Waals surface area contributed by atoms with Crippen LogP contribution in [-0.4, -0.2) is 12.1 Å². The Morgan fingerprint density at radius 1 is 1.38 bits per heavy atom. The first-order chi connectivity index (χ1) is 7.47. The fraction of sp³-hybridized carbons (Fsp3) is 0.538. The Morgan fingerprint density at radius 3 is 2.50 bits per heavy atom. The van der Waals surface area contributed by atoms with Crippen LogP contribution in [0.5, 0.6) is 0 Å². The zero-order valence-corrected chi connectivity index (χ0v) is 11.8. The summed E-state index contributed by atoms with van der Waals surface area (Å²) in [4.78, 5) is 0. The summed E-state index contributed by atoms with van der Waals surface area (Å²) >= 11 is 3.54. The summed E-state index contributed by atoms with van der Waals surface area (Å²) in [6.45, 7) is 7.24. The van der Waals surface area contributed by atoms with E-state index in [1.54, 1.807) is 0 Å². The highest BCUT2D eigenvalue weighted by molar-refractivity contribution is 9.10. The van der Waals surface area contributed by atoms with Crippen molar-refractivity contribution in [1.29, 1.82) is 0 Å². The Labute approximate surface area is 107 Å². The molecular formula is C13H21BrN2. The van der Waals surface area contributed by atoms with E-state index < -0.39 is 0 Å². The maximum Gasteiger partial charge on any atom is 0.0489 e. The van der Waals surface area contributed by atoms with Crippen molar-refractivity contribution in [3.63, 3.8) is 0 Å². The van der Waals surface area contributed by atoms with Crippen molar-refractivity contribution >= 4 is 21.6 Å². The van der Waals surface area contributed by atoms with Crippen LogP contribution in [0.15, 0.2) is 28.7 Å². The molecule has 0 fully saturated rings. The molecule has 2 nitrogen and oxygen atoms in total. The fourth-order valence-electron chi connectivity index (χ4n) is 1.97. The van der Waals surface area contributed by atoms with Gasteiger partial charge in [0.05, 0.1) is 0 Å². The van der Waals surface area contributed by atoms with E-state index in [1.807, 2.05) is 18.2 Å². The third kappa shape index (κ3) is 3.80. The molecule has 0 aromatic heterocycles. The van der Waals surface area contributed by atoms with Gasteiger partial charge in [0, 0.05) is 22.2 Å². The van der Waals surface area contributed by atoms with Crippen LogP contribution in [0, 0.1) is 5.92 Å². The normalized spacial score (nSPS) is 14.9. The molecule has 0 aliphatic carbocycles. The summed E-state index contributed by atoms with van der Waals surface area (Å²) in [7, 11) is 0. The number of halogens is 1. The molecule has 90 valence electrons. The Bertz CT molecular complexity index is 338. The van der Waals surface area contributed by atoms with Crippen LogP contribution in [0.25, 0.3) is 0 Å². The molecule has 3 heteroatoms. The van der Waals surface area contributed by atoms with Crippen molar-refractivity contribution in [2.45, 2.75) is 32.7 Å². The number of rotatable bonds is 5. The van der Waals surface area contributed by atoms with Crippen LogP contribution in [0.3, 0.4) is 0 Å². The zero-order chi connectivity index (χ0) is 12.2. The van der Waals surface area contributed by atoms with Gasteiger partial charge in [-0.1, -0.05) is 26.0 Å². The average molecular weight is 285 g/mol. The second kappa shape index (κ2) is 5.69. The van der Waals surface area contributed by atoms with Crippen LogP contribution in [0.2, 0.25) is 0 Å². The topological polar surface area (TPSA) is 38.0 Å². The molecule has 0 radical (unpaired) electrons. The maximum atomic E-state index is 5.88. The monoisotopic (exact) mass is 284 g/mol. The lowest BCUT2D eigenvalue weighted by Gasteiger charge is -2.32. The first kappa shape index (κ1) is 13.5. The molecular weight excluding hydrogens is 264 g/mol. The van der Waals surface area contributed by atoms with E-state index in [1.165, 1.54) is 0 Å². The lowest BCUT2D eigenvalue weighted by Crippen LogP contribution is -2.43. The quantitative estimate of drug-likeness (QED) is 0.867. The molecule has 0 aliphatic rings.